The van der Waals surface area contributed by atoms with Crippen LogP contribution in [0, 0.1) is 5.82 Å². The van der Waals surface area contributed by atoms with Crippen molar-refractivity contribution in [1.82, 2.24) is 15.0 Å². The van der Waals surface area contributed by atoms with E-state index >= 15 is 0 Å². The molecule has 2 fully saturated rings. The Labute approximate surface area is 155 Å². The zero-order valence-electron chi connectivity index (χ0n) is 14.9. The van der Waals surface area contributed by atoms with Crippen molar-refractivity contribution in [3.63, 3.8) is 0 Å². The van der Waals surface area contributed by atoms with Gasteiger partial charge in [-0.1, -0.05) is 11.2 Å². The number of fused-ring (bicyclic) bond motifs is 2. The van der Waals surface area contributed by atoms with Crippen LogP contribution in [0.25, 0.3) is 0 Å². The smallest absolute Gasteiger partial charge is 0.257 e. The van der Waals surface area contributed by atoms with Gasteiger partial charge in [0, 0.05) is 31.2 Å². The number of halogens is 1. The zero-order valence-corrected chi connectivity index (χ0v) is 14.9. The van der Waals surface area contributed by atoms with E-state index in [1.54, 1.807) is 17.0 Å². The molecule has 2 amide bonds. The van der Waals surface area contributed by atoms with Crippen molar-refractivity contribution in [1.29, 1.82) is 0 Å². The van der Waals surface area contributed by atoms with Crippen LogP contribution in [-0.4, -0.2) is 59.1 Å². The number of amides is 2. The standard InChI is InChI=1S/C19H20FN3O4/c1-26-16-4-2-3-15(18(16)20)19(25)22-10-12-5-6-13(11-22)23(12)17(24)9-14-7-8-21-27-14/h2-4,7-8,12-13H,5-6,9-11H2,1H3. The van der Waals surface area contributed by atoms with Gasteiger partial charge in [0.25, 0.3) is 5.91 Å². The number of benzene rings is 1. The molecule has 0 radical (unpaired) electrons. The maximum Gasteiger partial charge on any atom is 0.257 e. The molecule has 4 rings (SSSR count). The molecule has 1 aromatic carbocycles. The molecule has 2 aliphatic heterocycles. The van der Waals surface area contributed by atoms with Crippen LogP contribution in [0.15, 0.2) is 35.0 Å². The largest absolute Gasteiger partial charge is 0.494 e. The Morgan fingerprint density at radius 3 is 2.63 bits per heavy atom. The molecule has 0 saturated carbocycles. The number of likely N-dealkylation sites (tertiary alicyclic amines) is 1. The number of carbonyl (C=O) groups excluding carboxylic acids is 2. The predicted molar refractivity (Wildman–Crippen MR) is 92.7 cm³/mol. The summed E-state index contributed by atoms with van der Waals surface area (Å²) >= 11 is 0. The second-order valence-electron chi connectivity index (χ2n) is 6.87. The summed E-state index contributed by atoms with van der Waals surface area (Å²) in [6.45, 7) is 0.794. The maximum atomic E-state index is 14.5. The number of hydrogen-bond acceptors (Lipinski definition) is 5. The van der Waals surface area contributed by atoms with Gasteiger partial charge < -0.3 is 19.1 Å². The van der Waals surface area contributed by atoms with Gasteiger partial charge in [-0.25, -0.2) is 4.39 Å². The molecule has 8 heteroatoms. The Morgan fingerprint density at radius 1 is 1.26 bits per heavy atom. The van der Waals surface area contributed by atoms with Gasteiger partial charge in [0.15, 0.2) is 11.6 Å². The fraction of sp³-hybridized carbons (Fsp3) is 0.421. The molecule has 2 atom stereocenters. The second-order valence-corrected chi connectivity index (χ2v) is 6.87. The maximum absolute atomic E-state index is 14.5. The Balaban J connectivity index is 1.48. The molecule has 0 aliphatic carbocycles. The van der Waals surface area contributed by atoms with E-state index in [1.165, 1.54) is 25.4 Å². The van der Waals surface area contributed by atoms with Gasteiger partial charge in [-0.05, 0) is 25.0 Å². The fourth-order valence-corrected chi connectivity index (χ4v) is 4.05. The molecule has 2 aromatic rings. The molecule has 2 aliphatic rings. The van der Waals surface area contributed by atoms with E-state index in [0.717, 1.165) is 12.8 Å². The van der Waals surface area contributed by atoms with E-state index in [9.17, 15) is 14.0 Å². The summed E-state index contributed by atoms with van der Waals surface area (Å²) in [7, 11) is 1.37. The molecule has 0 N–H and O–H groups in total. The average Bonchev–Trinajstić information content (AvgIpc) is 3.27. The number of methoxy groups -OCH3 is 1. The zero-order chi connectivity index (χ0) is 19.0. The summed E-state index contributed by atoms with van der Waals surface area (Å²) in [5, 5.41) is 3.62. The summed E-state index contributed by atoms with van der Waals surface area (Å²) in [6.07, 6.45) is 3.33. The van der Waals surface area contributed by atoms with Gasteiger partial charge in [-0.3, -0.25) is 9.59 Å². The third-order valence-corrected chi connectivity index (χ3v) is 5.29. The number of nitrogens with zero attached hydrogens (tertiary/aromatic N) is 3. The monoisotopic (exact) mass is 373 g/mol. The molecule has 1 aromatic heterocycles. The van der Waals surface area contributed by atoms with Gasteiger partial charge in [0.1, 0.15) is 5.76 Å². The van der Waals surface area contributed by atoms with E-state index < -0.39 is 5.82 Å². The molecule has 7 nitrogen and oxygen atoms in total. The number of carbonyl (C=O) groups is 2. The molecule has 0 spiro atoms. The van der Waals surface area contributed by atoms with Crippen LogP contribution in [0.5, 0.6) is 5.75 Å². The van der Waals surface area contributed by atoms with Crippen molar-refractivity contribution in [3.8, 4) is 5.75 Å². The first-order chi connectivity index (χ1) is 13.1. The van der Waals surface area contributed by atoms with E-state index in [4.69, 9.17) is 9.26 Å². The van der Waals surface area contributed by atoms with Crippen molar-refractivity contribution >= 4 is 11.8 Å². The Kier molecular flexibility index (Phi) is 4.55. The van der Waals surface area contributed by atoms with Crippen molar-refractivity contribution in [2.45, 2.75) is 31.3 Å². The normalized spacial score (nSPS) is 21.4. The first kappa shape index (κ1) is 17.5. The van der Waals surface area contributed by atoms with E-state index in [2.05, 4.69) is 5.16 Å². The second kappa shape index (κ2) is 7.02. The number of ether oxygens (including phenoxy) is 1. The van der Waals surface area contributed by atoms with Crippen LogP contribution in [0.1, 0.15) is 29.0 Å². The number of piperazine rings is 1. The predicted octanol–water partition coefficient (Wildman–Crippen LogP) is 1.88. The van der Waals surface area contributed by atoms with E-state index in [-0.39, 0.29) is 41.6 Å². The van der Waals surface area contributed by atoms with Crippen molar-refractivity contribution in [2.75, 3.05) is 20.2 Å². The number of rotatable bonds is 4. The van der Waals surface area contributed by atoms with Gasteiger partial charge in [0.2, 0.25) is 5.91 Å². The highest BCUT2D eigenvalue weighted by molar-refractivity contribution is 5.95. The molecule has 3 heterocycles. The van der Waals surface area contributed by atoms with Crippen molar-refractivity contribution in [3.05, 3.63) is 47.6 Å². The lowest BCUT2D eigenvalue weighted by molar-refractivity contribution is -0.136. The summed E-state index contributed by atoms with van der Waals surface area (Å²) in [5.41, 5.74) is -0.00446. The van der Waals surface area contributed by atoms with Crippen LogP contribution >= 0.6 is 0 Å². The third kappa shape index (κ3) is 3.15. The summed E-state index contributed by atoms with van der Waals surface area (Å²) in [6, 6.07) is 6.10. The Bertz CT molecular complexity index is 841. The summed E-state index contributed by atoms with van der Waals surface area (Å²) < 4.78 is 24.4. The highest BCUT2D eigenvalue weighted by Gasteiger charge is 2.44. The summed E-state index contributed by atoms with van der Waals surface area (Å²) in [5.74, 6) is -0.480. The van der Waals surface area contributed by atoms with Crippen LogP contribution in [0.2, 0.25) is 0 Å². The first-order valence-electron chi connectivity index (χ1n) is 8.91. The van der Waals surface area contributed by atoms with E-state index in [1.807, 2.05) is 4.90 Å². The third-order valence-electron chi connectivity index (χ3n) is 5.29. The van der Waals surface area contributed by atoms with Crippen LogP contribution in [0.4, 0.5) is 4.39 Å². The van der Waals surface area contributed by atoms with Crippen molar-refractivity contribution in [2.24, 2.45) is 0 Å². The van der Waals surface area contributed by atoms with Gasteiger partial charge >= 0.3 is 0 Å². The average molecular weight is 373 g/mol. The number of aromatic nitrogens is 1. The minimum Gasteiger partial charge on any atom is -0.494 e. The summed E-state index contributed by atoms with van der Waals surface area (Å²) in [4.78, 5) is 29.0. The SMILES string of the molecule is COc1cccc(C(=O)N2CC3CCC(C2)N3C(=O)Cc2ccno2)c1F. The molecular formula is C19H20FN3O4. The molecule has 142 valence electrons. The van der Waals surface area contributed by atoms with Crippen LogP contribution < -0.4 is 4.74 Å². The lowest BCUT2D eigenvalue weighted by Crippen LogP contribution is -2.57. The fourth-order valence-electron chi connectivity index (χ4n) is 4.05. The van der Waals surface area contributed by atoms with Gasteiger partial charge in [-0.2, -0.15) is 0 Å². The number of hydrogen-bond donors (Lipinski definition) is 0. The van der Waals surface area contributed by atoms with E-state index in [0.29, 0.717) is 18.8 Å². The first-order valence-corrected chi connectivity index (χ1v) is 8.91. The molecule has 2 unspecified atom stereocenters. The Hall–Kier alpha value is -2.90. The molecule has 2 saturated heterocycles. The Morgan fingerprint density at radius 2 is 2.00 bits per heavy atom. The van der Waals surface area contributed by atoms with Crippen molar-refractivity contribution < 1.29 is 23.2 Å². The minimum absolute atomic E-state index is 0.00446. The van der Waals surface area contributed by atoms with Gasteiger partial charge in [0.05, 0.1) is 25.3 Å². The molecule has 27 heavy (non-hydrogen) atoms. The highest BCUT2D eigenvalue weighted by atomic mass is 19.1. The topological polar surface area (TPSA) is 75.9 Å². The van der Waals surface area contributed by atoms with Crippen LogP contribution in [0.3, 0.4) is 0 Å². The van der Waals surface area contributed by atoms with Gasteiger partial charge in [-0.15, -0.1) is 0 Å². The molecule has 2 bridgehead atoms. The lowest BCUT2D eigenvalue weighted by atomic mass is 10.1. The minimum atomic E-state index is -0.652. The highest BCUT2D eigenvalue weighted by Crippen LogP contribution is 2.32. The lowest BCUT2D eigenvalue weighted by Gasteiger charge is -2.41. The van der Waals surface area contributed by atoms with Crippen LogP contribution in [-0.2, 0) is 11.2 Å². The molecular weight excluding hydrogens is 353 g/mol. The quantitative estimate of drug-likeness (QED) is 0.818.